The van der Waals surface area contributed by atoms with Gasteiger partial charge in [0.1, 0.15) is 0 Å². The summed E-state index contributed by atoms with van der Waals surface area (Å²) in [6.45, 7) is 2.65. The lowest BCUT2D eigenvalue weighted by molar-refractivity contribution is -0.143. The Labute approximate surface area is 118 Å². The molecule has 0 radical (unpaired) electrons. The second-order valence-corrected chi connectivity index (χ2v) is 6.60. The molecule has 20 heavy (non-hydrogen) atoms. The molecule has 0 aromatic heterocycles. The van der Waals surface area contributed by atoms with Crippen molar-refractivity contribution >= 4 is 22.0 Å². The molecule has 1 fully saturated rings. The summed E-state index contributed by atoms with van der Waals surface area (Å²) in [5.74, 6) is -1.64. The molecule has 0 aliphatic carbocycles. The predicted octanol–water partition coefficient (Wildman–Crippen LogP) is -0.568. The van der Waals surface area contributed by atoms with Gasteiger partial charge in [-0.05, 0) is 12.8 Å². The zero-order valence-corrected chi connectivity index (χ0v) is 12.3. The van der Waals surface area contributed by atoms with Crippen molar-refractivity contribution in [3.8, 4) is 0 Å². The van der Waals surface area contributed by atoms with Crippen molar-refractivity contribution in [1.82, 2.24) is 14.9 Å². The van der Waals surface area contributed by atoms with E-state index in [1.54, 1.807) is 6.92 Å². The van der Waals surface area contributed by atoms with Crippen molar-refractivity contribution in [1.29, 1.82) is 0 Å². The maximum Gasteiger partial charge on any atom is 0.317 e. The van der Waals surface area contributed by atoms with E-state index in [0.717, 1.165) is 0 Å². The fraction of sp³-hybridized carbons (Fsp3) is 0.818. The Morgan fingerprint density at radius 2 is 2.10 bits per heavy atom. The Balaban J connectivity index is 2.37. The van der Waals surface area contributed by atoms with Crippen molar-refractivity contribution in [2.45, 2.75) is 19.8 Å². The topological polar surface area (TPSA) is 116 Å². The standard InChI is InChI=1S/C11H21N3O5S/c1-2-13-20(18,19)7-5-12-11(17)14-6-3-4-9(8-14)10(15)16/h9,13H,2-8H2,1H3,(H,12,17)(H,15,16)/t9-/m0/s1. The summed E-state index contributed by atoms with van der Waals surface area (Å²) in [6, 6.07) is -0.414. The van der Waals surface area contributed by atoms with Crippen molar-refractivity contribution in [3.63, 3.8) is 0 Å². The lowest BCUT2D eigenvalue weighted by Gasteiger charge is -2.30. The van der Waals surface area contributed by atoms with Gasteiger partial charge in [-0.25, -0.2) is 17.9 Å². The summed E-state index contributed by atoms with van der Waals surface area (Å²) < 4.78 is 25.1. The average Bonchev–Trinajstić information content (AvgIpc) is 2.38. The highest BCUT2D eigenvalue weighted by Crippen LogP contribution is 2.16. The van der Waals surface area contributed by atoms with Crippen molar-refractivity contribution in [2.75, 3.05) is 31.9 Å². The normalized spacial score (nSPS) is 19.6. The highest BCUT2D eigenvalue weighted by atomic mass is 32.2. The molecule has 1 aliphatic rings. The van der Waals surface area contributed by atoms with Crippen molar-refractivity contribution in [2.24, 2.45) is 5.92 Å². The first-order chi connectivity index (χ1) is 9.35. The number of amides is 2. The van der Waals surface area contributed by atoms with Gasteiger partial charge in [-0.15, -0.1) is 0 Å². The number of aliphatic carboxylic acids is 1. The van der Waals surface area contributed by atoms with Gasteiger partial charge in [0.25, 0.3) is 0 Å². The number of nitrogens with one attached hydrogen (secondary N) is 2. The third-order valence-electron chi connectivity index (χ3n) is 3.07. The Kier molecular flexibility index (Phi) is 6.21. The minimum atomic E-state index is -3.36. The van der Waals surface area contributed by atoms with E-state index in [0.29, 0.717) is 25.9 Å². The van der Waals surface area contributed by atoms with Crippen LogP contribution in [0.25, 0.3) is 0 Å². The number of carbonyl (C=O) groups excluding carboxylic acids is 1. The van der Waals surface area contributed by atoms with Crippen LogP contribution in [0.4, 0.5) is 4.79 Å². The van der Waals surface area contributed by atoms with Crippen LogP contribution in [0, 0.1) is 5.92 Å². The number of piperidine rings is 1. The highest BCUT2D eigenvalue weighted by molar-refractivity contribution is 7.89. The molecule has 1 aliphatic heterocycles. The van der Waals surface area contributed by atoms with Crippen LogP contribution >= 0.6 is 0 Å². The molecule has 1 saturated heterocycles. The van der Waals surface area contributed by atoms with E-state index in [9.17, 15) is 18.0 Å². The number of likely N-dealkylation sites (tertiary alicyclic amines) is 1. The number of sulfonamides is 1. The van der Waals surface area contributed by atoms with Crippen LogP contribution < -0.4 is 10.0 Å². The zero-order chi connectivity index (χ0) is 15.2. The lowest BCUT2D eigenvalue weighted by Crippen LogP contribution is -2.48. The monoisotopic (exact) mass is 307 g/mol. The average molecular weight is 307 g/mol. The van der Waals surface area contributed by atoms with Gasteiger partial charge < -0.3 is 15.3 Å². The van der Waals surface area contributed by atoms with Crippen LogP contribution in [0.2, 0.25) is 0 Å². The molecule has 8 nitrogen and oxygen atoms in total. The molecule has 1 heterocycles. The van der Waals surface area contributed by atoms with Crippen LogP contribution in [-0.2, 0) is 14.8 Å². The van der Waals surface area contributed by atoms with Gasteiger partial charge in [0.2, 0.25) is 10.0 Å². The van der Waals surface area contributed by atoms with Crippen molar-refractivity contribution in [3.05, 3.63) is 0 Å². The van der Waals surface area contributed by atoms with Crippen LogP contribution in [0.1, 0.15) is 19.8 Å². The third-order valence-corrected chi connectivity index (χ3v) is 4.54. The van der Waals surface area contributed by atoms with Gasteiger partial charge in [-0.3, -0.25) is 4.79 Å². The summed E-state index contributed by atoms with van der Waals surface area (Å²) in [7, 11) is -3.36. The molecule has 0 saturated carbocycles. The van der Waals surface area contributed by atoms with Gasteiger partial charge in [0.05, 0.1) is 11.7 Å². The van der Waals surface area contributed by atoms with E-state index in [1.807, 2.05) is 0 Å². The molecule has 0 aromatic carbocycles. The van der Waals surface area contributed by atoms with Crippen molar-refractivity contribution < 1.29 is 23.1 Å². The first kappa shape index (κ1) is 16.7. The molecule has 2 amide bonds. The van der Waals surface area contributed by atoms with E-state index in [2.05, 4.69) is 10.0 Å². The largest absolute Gasteiger partial charge is 0.481 e. The van der Waals surface area contributed by atoms with E-state index in [1.165, 1.54) is 4.90 Å². The molecular formula is C11H21N3O5S. The smallest absolute Gasteiger partial charge is 0.317 e. The fourth-order valence-corrected chi connectivity index (χ4v) is 3.01. The van der Waals surface area contributed by atoms with Gasteiger partial charge >= 0.3 is 12.0 Å². The van der Waals surface area contributed by atoms with Gasteiger partial charge in [0.15, 0.2) is 0 Å². The number of carboxylic acid groups (broad SMARTS) is 1. The lowest BCUT2D eigenvalue weighted by atomic mass is 9.99. The number of urea groups is 1. The van der Waals surface area contributed by atoms with E-state index in [4.69, 9.17) is 5.11 Å². The molecule has 0 spiro atoms. The van der Waals surface area contributed by atoms with E-state index < -0.39 is 27.9 Å². The summed E-state index contributed by atoms with van der Waals surface area (Å²) in [5.41, 5.74) is 0. The van der Waals surface area contributed by atoms with Crippen LogP contribution in [0.5, 0.6) is 0 Å². The summed E-state index contributed by atoms with van der Waals surface area (Å²) >= 11 is 0. The minimum absolute atomic E-state index is 0.00239. The van der Waals surface area contributed by atoms with Gasteiger partial charge in [-0.1, -0.05) is 6.92 Å². The predicted molar refractivity (Wildman–Crippen MR) is 72.8 cm³/mol. The Bertz CT molecular complexity index is 451. The van der Waals surface area contributed by atoms with E-state index in [-0.39, 0.29) is 18.8 Å². The van der Waals surface area contributed by atoms with Crippen LogP contribution in [-0.4, -0.2) is 62.4 Å². The van der Waals surface area contributed by atoms with Crippen LogP contribution in [0.3, 0.4) is 0 Å². The molecule has 0 unspecified atom stereocenters. The van der Waals surface area contributed by atoms with Crippen LogP contribution in [0.15, 0.2) is 0 Å². The highest BCUT2D eigenvalue weighted by Gasteiger charge is 2.28. The number of carbonyl (C=O) groups is 2. The molecule has 1 atom stereocenters. The Morgan fingerprint density at radius 1 is 1.40 bits per heavy atom. The molecule has 9 heteroatoms. The second-order valence-electron chi connectivity index (χ2n) is 4.67. The molecule has 116 valence electrons. The number of hydrogen-bond acceptors (Lipinski definition) is 4. The fourth-order valence-electron chi connectivity index (χ4n) is 2.06. The summed E-state index contributed by atoms with van der Waals surface area (Å²) in [5, 5.41) is 11.4. The van der Waals surface area contributed by atoms with E-state index >= 15 is 0 Å². The van der Waals surface area contributed by atoms with Gasteiger partial charge in [-0.2, -0.15) is 0 Å². The maximum atomic E-state index is 11.8. The molecule has 0 aromatic rings. The molecule has 0 bridgehead atoms. The number of nitrogens with zero attached hydrogens (tertiary/aromatic N) is 1. The Hall–Kier alpha value is -1.35. The summed E-state index contributed by atoms with van der Waals surface area (Å²) in [6.07, 6.45) is 1.20. The first-order valence-electron chi connectivity index (χ1n) is 6.58. The molecule has 3 N–H and O–H groups in total. The maximum absolute atomic E-state index is 11.8. The minimum Gasteiger partial charge on any atom is -0.481 e. The second kappa shape index (κ2) is 7.44. The number of hydrogen-bond donors (Lipinski definition) is 3. The molecule has 1 rings (SSSR count). The number of rotatable bonds is 6. The zero-order valence-electron chi connectivity index (χ0n) is 11.5. The molecular weight excluding hydrogens is 286 g/mol. The third kappa shape index (κ3) is 5.33. The number of carboxylic acids is 1. The quantitative estimate of drug-likeness (QED) is 0.608. The van der Waals surface area contributed by atoms with Gasteiger partial charge in [0, 0.05) is 26.2 Å². The summed E-state index contributed by atoms with van der Waals surface area (Å²) in [4.78, 5) is 24.1. The first-order valence-corrected chi connectivity index (χ1v) is 8.24. The Morgan fingerprint density at radius 3 is 2.70 bits per heavy atom. The SMILES string of the molecule is CCNS(=O)(=O)CCNC(=O)N1CCC[C@H](C(=O)O)C1.